The minimum Gasteiger partial charge on any atom is -0.481 e. The van der Waals surface area contributed by atoms with Crippen LogP contribution in [0.15, 0.2) is 77.9 Å². The van der Waals surface area contributed by atoms with Crippen LogP contribution in [0.3, 0.4) is 0 Å². The van der Waals surface area contributed by atoms with Gasteiger partial charge in [-0.15, -0.1) is 10.2 Å². The van der Waals surface area contributed by atoms with E-state index in [0.29, 0.717) is 12.1 Å². The maximum absolute atomic E-state index is 13.7. The molecule has 1 aliphatic heterocycles. The monoisotopic (exact) mass is 838 g/mol. The summed E-state index contributed by atoms with van der Waals surface area (Å²) in [5, 5.41) is 22.1. The van der Waals surface area contributed by atoms with Gasteiger partial charge in [-0.05, 0) is 63.0 Å². The van der Waals surface area contributed by atoms with E-state index in [1.165, 1.54) is 9.80 Å². The lowest BCUT2D eigenvalue weighted by Crippen LogP contribution is -2.42. The molecule has 0 aliphatic carbocycles. The molecule has 3 rings (SSSR count). The number of nitrogens with one attached hydrogen (secondary N) is 1. The number of alkyl halides is 3. The quantitative estimate of drug-likeness (QED) is 0.0284. The lowest BCUT2D eigenvalue weighted by molar-refractivity contribution is -0.148. The van der Waals surface area contributed by atoms with E-state index in [4.69, 9.17) is 27.7 Å². The Morgan fingerprint density at radius 1 is 0.898 bits per heavy atom. The van der Waals surface area contributed by atoms with Gasteiger partial charge in [-0.2, -0.15) is 18.2 Å². The number of carbonyl (C=O) groups is 2. The van der Waals surface area contributed by atoms with Crippen molar-refractivity contribution in [3.63, 3.8) is 0 Å². The summed E-state index contributed by atoms with van der Waals surface area (Å²) in [6.07, 6.45) is 23.3. The molecule has 1 amide bonds. The number of guanidine groups is 2. The van der Waals surface area contributed by atoms with Crippen LogP contribution in [0.1, 0.15) is 81.9 Å². The van der Waals surface area contributed by atoms with E-state index in [9.17, 15) is 35.9 Å². The molecular weight excluding hydrogens is 782 g/mol. The average molecular weight is 839 g/mol. The second kappa shape index (κ2) is 27.8. The van der Waals surface area contributed by atoms with Crippen LogP contribution in [0.2, 0.25) is 0 Å². The molecule has 1 aliphatic rings. The number of aliphatic carboxylic acids is 1. The highest BCUT2D eigenvalue weighted by Crippen LogP contribution is 2.29. The highest BCUT2D eigenvalue weighted by Gasteiger charge is 2.40. The first-order valence-electron chi connectivity index (χ1n) is 18.9. The first-order valence-corrected chi connectivity index (χ1v) is 18.9. The summed E-state index contributed by atoms with van der Waals surface area (Å²) in [5.74, 6) is -5.90. The van der Waals surface area contributed by atoms with Gasteiger partial charge >= 0.3 is 12.1 Å². The zero-order chi connectivity index (χ0) is 44.4. The zero-order valence-corrected chi connectivity index (χ0v) is 33.6. The Balaban J connectivity index is 0.000000500. The Labute approximate surface area is 341 Å². The molecule has 2 aromatic rings. The van der Waals surface area contributed by atoms with E-state index in [0.717, 1.165) is 49.5 Å². The van der Waals surface area contributed by atoms with Crippen molar-refractivity contribution in [3.05, 3.63) is 108 Å². The van der Waals surface area contributed by atoms with Crippen LogP contribution in [-0.4, -0.2) is 80.1 Å². The van der Waals surface area contributed by atoms with Crippen LogP contribution in [-0.2, 0) is 35.3 Å². The van der Waals surface area contributed by atoms with E-state index in [-0.39, 0.29) is 62.2 Å². The average Bonchev–Trinajstić information content (AvgIpc) is 3.60. The Bertz CT molecular complexity index is 1800. The highest BCUT2D eigenvalue weighted by atomic mass is 19.4. The van der Waals surface area contributed by atoms with E-state index in [1.807, 2.05) is 0 Å². The van der Waals surface area contributed by atoms with Gasteiger partial charge in [-0.1, -0.05) is 67.7 Å². The summed E-state index contributed by atoms with van der Waals surface area (Å²) >= 11 is 0. The third-order valence-electron chi connectivity index (χ3n) is 7.95. The number of carbonyl (C=O) groups excluding carboxylic acids is 1. The summed E-state index contributed by atoms with van der Waals surface area (Å²) in [5.41, 5.74) is 15.6. The third kappa shape index (κ3) is 22.1. The molecule has 0 unspecified atom stereocenters. The normalized spacial score (nSPS) is 13.4. The fourth-order valence-electron chi connectivity index (χ4n) is 4.97. The molecule has 0 spiro atoms. The largest absolute Gasteiger partial charge is 0.481 e. The van der Waals surface area contributed by atoms with Gasteiger partial charge in [0.05, 0.1) is 6.54 Å². The number of hydrogen-bond acceptors (Lipinski definition) is 6. The van der Waals surface area contributed by atoms with Crippen molar-refractivity contribution in [1.82, 2.24) is 24.6 Å². The maximum Gasteiger partial charge on any atom is 0.451 e. The number of allylic oxidation sites excluding steroid dienone is 10. The molecule has 13 nitrogen and oxygen atoms in total. The number of fused-ring (bicyclic) bond motifs is 1. The first-order chi connectivity index (χ1) is 27.9. The number of aromatic nitrogens is 3. The van der Waals surface area contributed by atoms with Crippen LogP contribution < -0.4 is 17.2 Å². The molecule has 1 aromatic carbocycles. The van der Waals surface area contributed by atoms with Crippen molar-refractivity contribution in [1.29, 1.82) is 5.41 Å². The summed E-state index contributed by atoms with van der Waals surface area (Å²) in [6.45, 7) is 1.84. The fraction of sp³-hybridized carbons (Fsp3) is 0.450. The lowest BCUT2D eigenvalue weighted by atomic mass is 10.0. The number of nitrogens with two attached hydrogens (primary N) is 3. The number of amides is 1. The third-order valence-corrected chi connectivity index (χ3v) is 7.95. The number of benzene rings is 1. The number of hydrogen-bond donors (Lipinski definition) is 5. The molecule has 59 heavy (non-hydrogen) atoms. The standard InChI is InChI=1S/C20H30O2.C16H15F6N5O.C4H11N5/c1-2-3-4-5-6-7-8-9-10-11-12-13-14-15-16-17-18-19-20(21)22;17-10-6-12(19)11(18)4-8(10)3-9(23)5-14(28)26-1-2-27-13(7-26)24-25-15(27)16(20,21)22;1-9(2)4(7)8-3(5)6/h3-4,6-7,9-10,12-13,15-16H,2,5,8,11,14,17-19H2,1H3,(H,21,22);4,6,9H,1-3,5,7,23H2;1-2H3,(H5,5,6,7,8)/b4-3-,7-6-,10-9-,13-12-,16-15-;;/t;9-;/m.1./s1. The van der Waals surface area contributed by atoms with E-state index < -0.39 is 47.4 Å². The van der Waals surface area contributed by atoms with Crippen LogP contribution in [0.25, 0.3) is 0 Å². The van der Waals surface area contributed by atoms with Gasteiger partial charge in [-0.25, -0.2) is 13.2 Å². The van der Waals surface area contributed by atoms with Crippen LogP contribution in [0, 0.1) is 22.9 Å². The van der Waals surface area contributed by atoms with Crippen molar-refractivity contribution in [2.24, 2.45) is 22.2 Å². The Kier molecular flexibility index (Phi) is 24.2. The van der Waals surface area contributed by atoms with E-state index in [1.54, 1.807) is 14.1 Å². The van der Waals surface area contributed by atoms with Gasteiger partial charge in [0, 0.05) is 52.1 Å². The second-order valence-electron chi connectivity index (χ2n) is 13.2. The molecule has 0 fully saturated rings. The van der Waals surface area contributed by atoms with E-state index in [2.05, 4.69) is 82.9 Å². The molecule has 1 atom stereocenters. The van der Waals surface area contributed by atoms with Gasteiger partial charge in [0.2, 0.25) is 17.7 Å². The predicted molar refractivity (Wildman–Crippen MR) is 216 cm³/mol. The van der Waals surface area contributed by atoms with Crippen molar-refractivity contribution in [2.75, 3.05) is 20.6 Å². The smallest absolute Gasteiger partial charge is 0.451 e. The fourth-order valence-corrected chi connectivity index (χ4v) is 4.97. The molecule has 8 N–H and O–H groups in total. The van der Waals surface area contributed by atoms with Crippen molar-refractivity contribution < 1.29 is 41.0 Å². The number of carboxylic acids is 1. The Hall–Kier alpha value is -5.72. The molecule has 0 bridgehead atoms. The van der Waals surface area contributed by atoms with Crippen LogP contribution >= 0.6 is 0 Å². The van der Waals surface area contributed by atoms with Crippen LogP contribution in [0.4, 0.5) is 26.3 Å². The van der Waals surface area contributed by atoms with Crippen molar-refractivity contribution in [3.8, 4) is 0 Å². The summed E-state index contributed by atoms with van der Waals surface area (Å²) in [6, 6.07) is 0.184. The van der Waals surface area contributed by atoms with Crippen molar-refractivity contribution in [2.45, 2.75) is 96.4 Å². The first kappa shape index (κ1) is 51.3. The van der Waals surface area contributed by atoms with Crippen molar-refractivity contribution >= 4 is 23.8 Å². The molecule has 2 heterocycles. The van der Waals surface area contributed by atoms with Gasteiger partial charge in [0.15, 0.2) is 23.4 Å². The van der Waals surface area contributed by atoms with E-state index >= 15 is 0 Å². The molecule has 326 valence electrons. The number of aliphatic imine (C=N–C) groups is 1. The second-order valence-corrected chi connectivity index (χ2v) is 13.2. The lowest BCUT2D eigenvalue weighted by Gasteiger charge is -2.29. The number of halogens is 6. The molecule has 1 aromatic heterocycles. The number of carboxylic acid groups (broad SMARTS) is 1. The minimum atomic E-state index is -4.64. The van der Waals surface area contributed by atoms with Crippen LogP contribution in [0.5, 0.6) is 0 Å². The summed E-state index contributed by atoms with van der Waals surface area (Å²) in [4.78, 5) is 28.9. The van der Waals surface area contributed by atoms with Gasteiger partial charge in [-0.3, -0.25) is 15.0 Å². The number of rotatable bonds is 17. The molecule has 0 radical (unpaired) electrons. The van der Waals surface area contributed by atoms with Gasteiger partial charge in [0.25, 0.3) is 0 Å². The molecule has 0 saturated heterocycles. The molecule has 19 heteroatoms. The number of unbranched alkanes of at least 4 members (excludes halogenated alkanes) is 1. The minimum absolute atomic E-state index is 0.000783. The maximum atomic E-state index is 13.7. The SMILES string of the molecule is CC/C=C\C/C=C\C/C=C\C/C=C\C/C=C\CCCC(=O)O.CN(C)C(=N)N=C(N)N.N[C@@H](CC(=O)N1CCn2c(nnc2C(F)(F)F)C1)Cc1cc(F)c(F)cc1F. The topological polar surface area (TPSA) is 206 Å². The highest BCUT2D eigenvalue weighted by molar-refractivity contribution is 5.91. The van der Waals surface area contributed by atoms with Gasteiger partial charge in [0.1, 0.15) is 5.82 Å². The Morgan fingerprint density at radius 2 is 1.44 bits per heavy atom. The molecular formula is C40H56F6N10O3. The van der Waals surface area contributed by atoms with Gasteiger partial charge < -0.3 is 36.7 Å². The molecule has 0 saturated carbocycles. The predicted octanol–water partition coefficient (Wildman–Crippen LogP) is 6.77. The number of nitrogens with zero attached hydrogens (tertiary/aromatic N) is 6. The summed E-state index contributed by atoms with van der Waals surface area (Å²) < 4.78 is 79.3. The summed E-state index contributed by atoms with van der Waals surface area (Å²) in [7, 11) is 3.38. The zero-order valence-electron chi connectivity index (χ0n) is 33.6. The Morgan fingerprint density at radius 3 is 1.93 bits per heavy atom.